The van der Waals surface area contributed by atoms with Crippen molar-refractivity contribution in [1.29, 1.82) is 0 Å². The van der Waals surface area contributed by atoms with Crippen LogP contribution in [0.2, 0.25) is 0 Å². The van der Waals surface area contributed by atoms with Gasteiger partial charge in [0.25, 0.3) is 5.56 Å². The molecule has 7 heteroatoms. The van der Waals surface area contributed by atoms with Gasteiger partial charge in [-0.15, -0.1) is 5.10 Å². The van der Waals surface area contributed by atoms with E-state index in [2.05, 4.69) is 73.5 Å². The summed E-state index contributed by atoms with van der Waals surface area (Å²) in [6.45, 7) is 3.46. The minimum Gasteiger partial charge on any atom is -0.321 e. The highest BCUT2D eigenvalue weighted by Crippen LogP contribution is 2.45. The summed E-state index contributed by atoms with van der Waals surface area (Å²) in [7, 11) is 0. The maximum Gasteiger partial charge on any atom is 0.252 e. The zero-order valence-corrected chi connectivity index (χ0v) is 21.7. The number of hydrogen-bond acceptors (Lipinski definition) is 5. The lowest BCUT2D eigenvalue weighted by Crippen LogP contribution is -2.47. The fourth-order valence-electron chi connectivity index (χ4n) is 6.64. The van der Waals surface area contributed by atoms with Gasteiger partial charge < -0.3 is 4.98 Å². The average molecular weight is 497 g/mol. The maximum absolute atomic E-state index is 13.3. The molecule has 2 aromatic carbocycles. The highest BCUT2D eigenvalue weighted by atomic mass is 16.1. The summed E-state index contributed by atoms with van der Waals surface area (Å²) in [5.41, 5.74) is 3.85. The number of aryl methyl sites for hydroxylation is 1. The normalized spacial score (nSPS) is 17.8. The molecule has 0 aliphatic heterocycles. The third-order valence-corrected chi connectivity index (χ3v) is 8.66. The summed E-state index contributed by atoms with van der Waals surface area (Å²) in [6.07, 6.45) is 9.99. The molecule has 2 aliphatic rings. The zero-order chi connectivity index (χ0) is 25.2. The molecule has 2 heterocycles. The standard InChI is InChI=1S/C30H36N6O/c1-22-10-9-13-24-20-25(28(37)31-27(22)24)21-35(19-16-23-11-3-2-4-12-23)30(17-7-8-18-30)29-32-33-34-36(29)26-14-5-6-15-26/h2-4,9-13,20,26H,5-8,14-19,21H2,1H3,(H,31,37). The van der Waals surface area contributed by atoms with Crippen molar-refractivity contribution in [2.24, 2.45) is 0 Å². The number of tetrazole rings is 1. The Hall–Kier alpha value is -3.32. The van der Waals surface area contributed by atoms with E-state index in [1.807, 2.05) is 13.0 Å². The number of rotatable bonds is 8. The molecule has 7 nitrogen and oxygen atoms in total. The van der Waals surface area contributed by atoms with Crippen LogP contribution in [0, 0.1) is 6.92 Å². The molecule has 0 spiro atoms. The molecule has 6 rings (SSSR count). The minimum absolute atomic E-state index is 0.00459. The van der Waals surface area contributed by atoms with Crippen LogP contribution >= 0.6 is 0 Å². The van der Waals surface area contributed by atoms with E-state index in [-0.39, 0.29) is 11.1 Å². The van der Waals surface area contributed by atoms with Crippen LogP contribution < -0.4 is 5.56 Å². The van der Waals surface area contributed by atoms with Crippen LogP contribution in [0.15, 0.2) is 59.4 Å². The summed E-state index contributed by atoms with van der Waals surface area (Å²) in [4.78, 5) is 19.0. The monoisotopic (exact) mass is 496 g/mol. The average Bonchev–Trinajstić information content (AvgIpc) is 3.70. The van der Waals surface area contributed by atoms with Crippen LogP contribution in [0.5, 0.6) is 0 Å². The fourth-order valence-corrected chi connectivity index (χ4v) is 6.64. The molecule has 0 unspecified atom stereocenters. The Bertz CT molecular complexity index is 1410. The van der Waals surface area contributed by atoms with E-state index in [0.29, 0.717) is 12.6 Å². The van der Waals surface area contributed by atoms with Crippen molar-refractivity contribution in [3.8, 4) is 0 Å². The first-order chi connectivity index (χ1) is 18.1. The molecule has 0 bridgehead atoms. The van der Waals surface area contributed by atoms with Crippen molar-refractivity contribution in [3.05, 3.63) is 87.5 Å². The first-order valence-corrected chi connectivity index (χ1v) is 13.8. The van der Waals surface area contributed by atoms with E-state index in [0.717, 1.165) is 79.3 Å². The topological polar surface area (TPSA) is 79.7 Å². The predicted molar refractivity (Wildman–Crippen MR) is 145 cm³/mol. The molecule has 1 N–H and O–H groups in total. The van der Waals surface area contributed by atoms with E-state index in [1.165, 1.54) is 18.4 Å². The molecule has 2 fully saturated rings. The van der Waals surface area contributed by atoms with Gasteiger partial charge >= 0.3 is 0 Å². The number of pyridine rings is 1. The number of aromatic nitrogens is 5. The molecule has 37 heavy (non-hydrogen) atoms. The largest absolute Gasteiger partial charge is 0.321 e. The van der Waals surface area contributed by atoms with Gasteiger partial charge in [-0.25, -0.2) is 4.68 Å². The minimum atomic E-state index is -0.269. The number of hydrogen-bond donors (Lipinski definition) is 1. The van der Waals surface area contributed by atoms with E-state index >= 15 is 0 Å². The summed E-state index contributed by atoms with van der Waals surface area (Å²) in [5, 5.41) is 14.5. The number of aromatic amines is 1. The van der Waals surface area contributed by atoms with Crippen molar-refractivity contribution in [3.63, 3.8) is 0 Å². The van der Waals surface area contributed by atoms with Crippen molar-refractivity contribution < 1.29 is 0 Å². The lowest BCUT2D eigenvalue weighted by atomic mass is 9.91. The lowest BCUT2D eigenvalue weighted by Gasteiger charge is -2.41. The zero-order valence-electron chi connectivity index (χ0n) is 21.7. The van der Waals surface area contributed by atoms with E-state index in [9.17, 15) is 4.79 Å². The molecule has 0 amide bonds. The highest BCUT2D eigenvalue weighted by molar-refractivity contribution is 5.81. The summed E-state index contributed by atoms with van der Waals surface area (Å²) >= 11 is 0. The molecule has 0 radical (unpaired) electrons. The molecule has 4 aromatic rings. The van der Waals surface area contributed by atoms with E-state index in [4.69, 9.17) is 5.10 Å². The third-order valence-electron chi connectivity index (χ3n) is 8.66. The molecule has 2 saturated carbocycles. The Kier molecular flexibility index (Phi) is 6.63. The van der Waals surface area contributed by atoms with Crippen LogP contribution in [0.25, 0.3) is 10.9 Å². The van der Waals surface area contributed by atoms with Crippen LogP contribution in [-0.2, 0) is 18.5 Å². The SMILES string of the molecule is Cc1cccc2cc(CN(CCc3ccccc3)C3(c4nnnn4C4CCCC4)CCCC3)c(=O)[nH]c12. The van der Waals surface area contributed by atoms with Gasteiger partial charge in [-0.05, 0) is 72.0 Å². The van der Waals surface area contributed by atoms with Gasteiger partial charge in [-0.1, -0.05) is 74.2 Å². The number of nitrogens with zero attached hydrogens (tertiary/aromatic N) is 5. The number of fused-ring (bicyclic) bond motifs is 1. The lowest BCUT2D eigenvalue weighted by molar-refractivity contribution is 0.0669. The first kappa shape index (κ1) is 24.0. The Balaban J connectivity index is 1.41. The molecule has 2 aliphatic carbocycles. The van der Waals surface area contributed by atoms with Gasteiger partial charge in [0, 0.05) is 18.7 Å². The fraction of sp³-hybridized carbons (Fsp3) is 0.467. The van der Waals surface area contributed by atoms with Gasteiger partial charge in [-0.2, -0.15) is 0 Å². The Labute approximate surface area is 217 Å². The van der Waals surface area contributed by atoms with E-state index < -0.39 is 0 Å². The summed E-state index contributed by atoms with van der Waals surface area (Å²) in [5.74, 6) is 0.998. The predicted octanol–water partition coefficient (Wildman–Crippen LogP) is 5.45. The Morgan fingerprint density at radius 2 is 1.81 bits per heavy atom. The van der Waals surface area contributed by atoms with Gasteiger partial charge in [0.1, 0.15) is 0 Å². The van der Waals surface area contributed by atoms with Crippen molar-refractivity contribution >= 4 is 10.9 Å². The van der Waals surface area contributed by atoms with Crippen molar-refractivity contribution in [1.82, 2.24) is 30.1 Å². The van der Waals surface area contributed by atoms with Crippen LogP contribution in [0.4, 0.5) is 0 Å². The van der Waals surface area contributed by atoms with E-state index in [1.54, 1.807) is 0 Å². The quantitative estimate of drug-likeness (QED) is 0.351. The maximum atomic E-state index is 13.3. The Morgan fingerprint density at radius 3 is 2.59 bits per heavy atom. The smallest absolute Gasteiger partial charge is 0.252 e. The summed E-state index contributed by atoms with van der Waals surface area (Å²) in [6, 6.07) is 19.3. The number of para-hydroxylation sites is 1. The Morgan fingerprint density at radius 1 is 1.03 bits per heavy atom. The van der Waals surface area contributed by atoms with Crippen LogP contribution in [0.1, 0.15) is 79.9 Å². The summed E-state index contributed by atoms with van der Waals surface area (Å²) < 4.78 is 2.14. The highest BCUT2D eigenvalue weighted by Gasteiger charge is 2.46. The van der Waals surface area contributed by atoms with Gasteiger partial charge in [-0.3, -0.25) is 9.69 Å². The third kappa shape index (κ3) is 4.61. The van der Waals surface area contributed by atoms with Crippen molar-refractivity contribution in [2.75, 3.05) is 6.54 Å². The van der Waals surface area contributed by atoms with Crippen LogP contribution in [-0.4, -0.2) is 36.6 Å². The number of benzene rings is 2. The number of nitrogens with one attached hydrogen (secondary N) is 1. The van der Waals surface area contributed by atoms with Crippen molar-refractivity contribution in [2.45, 2.75) is 82.8 Å². The molecule has 0 saturated heterocycles. The molecule has 192 valence electrons. The van der Waals surface area contributed by atoms with Gasteiger partial charge in [0.05, 0.1) is 17.1 Å². The molecule has 0 atom stereocenters. The number of H-pyrrole nitrogens is 1. The molecular weight excluding hydrogens is 460 g/mol. The molecule has 2 aromatic heterocycles. The van der Waals surface area contributed by atoms with Gasteiger partial charge in [0.15, 0.2) is 5.82 Å². The second kappa shape index (κ2) is 10.2. The first-order valence-electron chi connectivity index (χ1n) is 13.8. The second-order valence-corrected chi connectivity index (χ2v) is 10.9. The molecular formula is C30H36N6O. The second-order valence-electron chi connectivity index (χ2n) is 10.9. The van der Waals surface area contributed by atoms with Gasteiger partial charge in [0.2, 0.25) is 0 Å². The van der Waals surface area contributed by atoms with Crippen LogP contribution in [0.3, 0.4) is 0 Å².